The maximum absolute atomic E-state index is 14.0. The van der Waals surface area contributed by atoms with Crippen molar-refractivity contribution in [2.75, 3.05) is 31.8 Å². The second-order valence-corrected chi connectivity index (χ2v) is 8.73. The Balaban J connectivity index is 1.61. The number of carbonyl (C=O) groups excluding carboxylic acids is 3. The summed E-state index contributed by atoms with van der Waals surface area (Å²) < 4.78 is 16.9. The molecule has 0 radical (unpaired) electrons. The Kier molecular flexibility index (Phi) is 5.25. The van der Waals surface area contributed by atoms with Crippen molar-refractivity contribution >= 4 is 23.5 Å². The average Bonchev–Trinajstić information content (AvgIpc) is 3.13. The highest BCUT2D eigenvalue weighted by Crippen LogP contribution is 2.53. The summed E-state index contributed by atoms with van der Waals surface area (Å²) in [5.41, 5.74) is -0.698. The number of aliphatic hydroxyl groups is 1. The van der Waals surface area contributed by atoms with Crippen LogP contribution in [0.4, 0.5) is 5.69 Å². The smallest absolute Gasteiger partial charge is 0.313 e. The Labute approximate surface area is 191 Å². The molecule has 2 saturated heterocycles. The molecule has 33 heavy (non-hydrogen) atoms. The van der Waals surface area contributed by atoms with Gasteiger partial charge in [-0.3, -0.25) is 14.4 Å². The van der Waals surface area contributed by atoms with Crippen LogP contribution in [0.15, 0.2) is 48.6 Å². The van der Waals surface area contributed by atoms with Crippen LogP contribution in [0.2, 0.25) is 0 Å². The fourth-order valence-corrected chi connectivity index (χ4v) is 5.46. The number of hydrogen-bond acceptors (Lipinski definition) is 7. The Bertz CT molecular complexity index is 1040. The summed E-state index contributed by atoms with van der Waals surface area (Å²) in [5.74, 6) is -2.38. The average molecular weight is 454 g/mol. The van der Waals surface area contributed by atoms with Gasteiger partial charge in [0.1, 0.15) is 29.9 Å². The van der Waals surface area contributed by atoms with Gasteiger partial charge >= 0.3 is 5.97 Å². The topological polar surface area (TPSA) is 106 Å². The molecular formula is C24H26N2O7. The van der Waals surface area contributed by atoms with Gasteiger partial charge in [0.05, 0.1) is 31.8 Å². The van der Waals surface area contributed by atoms with Crippen molar-refractivity contribution in [3.63, 3.8) is 0 Å². The van der Waals surface area contributed by atoms with E-state index in [1.807, 2.05) is 0 Å². The lowest BCUT2D eigenvalue weighted by atomic mass is 9.78. The minimum Gasteiger partial charge on any atom is -0.497 e. The Morgan fingerprint density at radius 1 is 1.18 bits per heavy atom. The molecule has 1 aromatic carbocycles. The maximum Gasteiger partial charge on any atom is 0.313 e. The van der Waals surface area contributed by atoms with E-state index in [9.17, 15) is 19.5 Å². The van der Waals surface area contributed by atoms with Crippen LogP contribution in [-0.4, -0.2) is 78.4 Å². The van der Waals surface area contributed by atoms with E-state index in [1.54, 1.807) is 67.5 Å². The predicted molar refractivity (Wildman–Crippen MR) is 116 cm³/mol. The largest absolute Gasteiger partial charge is 0.497 e. The first-order valence-electron chi connectivity index (χ1n) is 11.0. The van der Waals surface area contributed by atoms with Crippen molar-refractivity contribution in [3.05, 3.63) is 48.6 Å². The van der Waals surface area contributed by atoms with E-state index in [4.69, 9.17) is 14.2 Å². The van der Waals surface area contributed by atoms with Crippen molar-refractivity contribution in [1.29, 1.82) is 0 Å². The zero-order chi connectivity index (χ0) is 23.3. The summed E-state index contributed by atoms with van der Waals surface area (Å²) in [4.78, 5) is 43.5. The predicted octanol–water partition coefficient (Wildman–Crippen LogP) is 0.673. The van der Waals surface area contributed by atoms with Crippen LogP contribution < -0.4 is 9.64 Å². The van der Waals surface area contributed by atoms with Crippen LogP contribution in [0.1, 0.15) is 6.92 Å². The standard InChI is InChI=1S/C24H26N2O7/c1-14(13-27)26-20-22(29)25(15-6-8-16(31-2)9-7-15)11-4-10-24(20)19(21(26)28)18-17(33-24)5-3-12-32-23(18)30/h3-10,14,17-20,27H,11-13H2,1-2H3/t14-,17+,18-,19+,20?,24+/m1/s1. The highest BCUT2D eigenvalue weighted by molar-refractivity contribution is 6.05. The van der Waals surface area contributed by atoms with E-state index < -0.39 is 47.5 Å². The Morgan fingerprint density at radius 2 is 1.94 bits per heavy atom. The number of likely N-dealkylation sites (tertiary alicyclic amines) is 1. The molecule has 1 aromatic rings. The minimum atomic E-state index is -1.34. The van der Waals surface area contributed by atoms with E-state index in [2.05, 4.69) is 0 Å². The van der Waals surface area contributed by atoms with E-state index in [0.29, 0.717) is 11.4 Å². The number of methoxy groups -OCH3 is 1. The van der Waals surface area contributed by atoms with Gasteiger partial charge in [-0.05, 0) is 37.3 Å². The first kappa shape index (κ1) is 21.7. The lowest BCUT2D eigenvalue weighted by Gasteiger charge is -2.37. The van der Waals surface area contributed by atoms with Crippen LogP contribution in [0.5, 0.6) is 5.75 Å². The first-order chi connectivity index (χ1) is 15.9. The third-order valence-electron chi connectivity index (χ3n) is 6.97. The van der Waals surface area contributed by atoms with Gasteiger partial charge in [0.15, 0.2) is 0 Å². The van der Waals surface area contributed by atoms with E-state index >= 15 is 0 Å². The molecule has 1 spiro atoms. The minimum absolute atomic E-state index is 0.114. The molecule has 2 amide bonds. The van der Waals surface area contributed by atoms with Gasteiger partial charge in [-0.2, -0.15) is 0 Å². The number of anilines is 1. The highest BCUT2D eigenvalue weighted by atomic mass is 16.6. The summed E-state index contributed by atoms with van der Waals surface area (Å²) in [6, 6.07) is 5.39. The molecule has 174 valence electrons. The molecule has 4 aliphatic rings. The third kappa shape index (κ3) is 3.10. The highest BCUT2D eigenvalue weighted by Gasteiger charge is 2.72. The van der Waals surface area contributed by atoms with Crippen LogP contribution >= 0.6 is 0 Å². The van der Waals surface area contributed by atoms with Gasteiger partial charge in [0.2, 0.25) is 5.91 Å². The first-order valence-corrected chi connectivity index (χ1v) is 11.0. The number of benzene rings is 1. The number of carbonyl (C=O) groups is 3. The summed E-state index contributed by atoms with van der Waals surface area (Å²) in [6.45, 7) is 1.73. The number of esters is 1. The fourth-order valence-electron chi connectivity index (χ4n) is 5.46. The van der Waals surface area contributed by atoms with E-state index in [1.165, 1.54) is 4.90 Å². The van der Waals surface area contributed by atoms with E-state index in [0.717, 1.165) is 0 Å². The Morgan fingerprint density at radius 3 is 2.64 bits per heavy atom. The number of ether oxygens (including phenoxy) is 3. The van der Waals surface area contributed by atoms with Crippen molar-refractivity contribution in [1.82, 2.24) is 4.90 Å². The normalized spacial score (nSPS) is 33.7. The molecule has 4 aliphatic heterocycles. The summed E-state index contributed by atoms with van der Waals surface area (Å²) in [5, 5.41) is 9.90. The molecule has 2 fully saturated rings. The monoisotopic (exact) mass is 454 g/mol. The van der Waals surface area contributed by atoms with E-state index in [-0.39, 0.29) is 25.7 Å². The lowest BCUT2D eigenvalue weighted by molar-refractivity contribution is -0.153. The maximum atomic E-state index is 14.0. The zero-order valence-corrected chi connectivity index (χ0v) is 18.4. The molecule has 1 unspecified atom stereocenters. The molecule has 4 heterocycles. The van der Waals surface area contributed by atoms with Gasteiger partial charge in [-0.15, -0.1) is 0 Å². The van der Waals surface area contributed by atoms with Crippen LogP contribution in [-0.2, 0) is 23.9 Å². The number of aliphatic hydroxyl groups excluding tert-OH is 1. The van der Waals surface area contributed by atoms with Gasteiger partial charge in [0.25, 0.3) is 5.91 Å². The number of rotatable bonds is 4. The second-order valence-electron chi connectivity index (χ2n) is 8.73. The molecular weight excluding hydrogens is 428 g/mol. The number of cyclic esters (lactones) is 1. The second kappa shape index (κ2) is 8.00. The Hall–Kier alpha value is -3.17. The van der Waals surface area contributed by atoms with Crippen LogP contribution in [0.3, 0.4) is 0 Å². The molecule has 5 rings (SSSR count). The van der Waals surface area contributed by atoms with Crippen LogP contribution in [0.25, 0.3) is 0 Å². The zero-order valence-electron chi connectivity index (χ0n) is 18.4. The van der Waals surface area contributed by atoms with Crippen molar-refractivity contribution in [3.8, 4) is 5.75 Å². The number of hydrogen-bond donors (Lipinski definition) is 1. The molecule has 0 bridgehead atoms. The number of fused-ring (bicyclic) bond motifs is 2. The van der Waals surface area contributed by atoms with Crippen LogP contribution in [0, 0.1) is 11.8 Å². The van der Waals surface area contributed by atoms with Crippen molar-refractivity contribution < 1.29 is 33.7 Å². The molecule has 9 nitrogen and oxygen atoms in total. The van der Waals surface area contributed by atoms with Gasteiger partial charge in [-0.25, -0.2) is 0 Å². The van der Waals surface area contributed by atoms with Gasteiger partial charge in [-0.1, -0.05) is 18.2 Å². The van der Waals surface area contributed by atoms with Gasteiger partial charge in [0, 0.05) is 12.2 Å². The number of amides is 2. The SMILES string of the molecule is COc1ccc(N2CC=C[C@]34O[C@H]5C=CCOC(=O)[C@H]5[C@H]3C(=O)N([C@H](C)CO)C4C2=O)cc1. The molecule has 0 saturated carbocycles. The fraction of sp³-hybridized carbons (Fsp3) is 0.458. The summed E-state index contributed by atoms with van der Waals surface area (Å²) in [7, 11) is 1.57. The quantitative estimate of drug-likeness (QED) is 0.527. The van der Waals surface area contributed by atoms with Crippen molar-refractivity contribution in [2.45, 2.75) is 30.7 Å². The van der Waals surface area contributed by atoms with Crippen molar-refractivity contribution in [2.24, 2.45) is 11.8 Å². The lowest BCUT2D eigenvalue weighted by Crippen LogP contribution is -2.57. The molecule has 0 aliphatic carbocycles. The summed E-state index contributed by atoms with van der Waals surface area (Å²) in [6.07, 6.45) is 6.31. The third-order valence-corrected chi connectivity index (χ3v) is 6.97. The summed E-state index contributed by atoms with van der Waals surface area (Å²) >= 11 is 0. The van der Waals surface area contributed by atoms with Gasteiger partial charge < -0.3 is 29.1 Å². The molecule has 9 heteroatoms. The number of nitrogens with zero attached hydrogens (tertiary/aromatic N) is 2. The molecule has 0 aromatic heterocycles. The molecule has 6 atom stereocenters. The molecule has 1 N–H and O–H groups in total.